The third-order valence-corrected chi connectivity index (χ3v) is 8.12. The maximum absolute atomic E-state index is 14.4. The normalized spacial score (nSPS) is 20.7. The molecule has 3 rings (SSSR count). The highest BCUT2D eigenvalue weighted by molar-refractivity contribution is 7.91. The molecule has 1 fully saturated rings. The zero-order valence-electron chi connectivity index (χ0n) is 15.7. The molecule has 5 nitrogen and oxygen atoms in total. The van der Waals surface area contributed by atoms with E-state index in [1.54, 1.807) is 19.2 Å². The minimum Gasteiger partial charge on any atom is -0.380 e. The Morgan fingerprint density at radius 2 is 2.04 bits per heavy atom. The Balaban J connectivity index is 2.02. The topological polar surface area (TPSA) is 63.7 Å². The van der Waals surface area contributed by atoms with Gasteiger partial charge in [0.05, 0.1) is 16.7 Å². The van der Waals surface area contributed by atoms with Crippen LogP contribution in [0.25, 0.3) is 10.1 Å². The first-order valence-corrected chi connectivity index (χ1v) is 11.7. The summed E-state index contributed by atoms with van der Waals surface area (Å²) in [5.74, 6) is -0.660. The lowest BCUT2D eigenvalue weighted by Crippen LogP contribution is -2.49. The standard InChI is InChI=1S/C19H24FNO4S2/c1-21(14-8-4-5-10-16(14)27(3,23)24)19(22)18-12(11-25-2)17-13(20)7-6-9-15(17)26-18/h6-7,9,14,16H,4-5,8,10-11H2,1-3H3/t14-,16+/m1/s1. The zero-order valence-corrected chi connectivity index (χ0v) is 17.3. The van der Waals surface area contributed by atoms with Crippen molar-refractivity contribution in [1.82, 2.24) is 4.90 Å². The van der Waals surface area contributed by atoms with Crippen molar-refractivity contribution >= 4 is 37.2 Å². The zero-order chi connectivity index (χ0) is 19.8. The predicted molar refractivity (Wildman–Crippen MR) is 105 cm³/mol. The summed E-state index contributed by atoms with van der Waals surface area (Å²) in [6.45, 7) is 0.121. The molecule has 2 aromatic rings. The molecule has 2 atom stereocenters. The molecule has 1 aromatic heterocycles. The number of thiophene rings is 1. The minimum absolute atomic E-state index is 0.121. The van der Waals surface area contributed by atoms with Crippen LogP contribution in [0.2, 0.25) is 0 Å². The van der Waals surface area contributed by atoms with Crippen molar-refractivity contribution in [3.05, 3.63) is 34.5 Å². The number of methoxy groups -OCH3 is 1. The number of fused-ring (bicyclic) bond motifs is 1. The Bertz CT molecular complexity index is 954. The molecule has 1 heterocycles. The van der Waals surface area contributed by atoms with Gasteiger partial charge in [-0.15, -0.1) is 11.3 Å². The molecule has 0 N–H and O–H groups in total. The lowest BCUT2D eigenvalue weighted by Gasteiger charge is -2.36. The molecule has 27 heavy (non-hydrogen) atoms. The second kappa shape index (κ2) is 7.85. The second-order valence-corrected chi connectivity index (χ2v) is 10.4. The molecule has 0 bridgehead atoms. The van der Waals surface area contributed by atoms with Crippen molar-refractivity contribution in [1.29, 1.82) is 0 Å². The summed E-state index contributed by atoms with van der Waals surface area (Å²) >= 11 is 1.23. The molecule has 0 aliphatic heterocycles. The fraction of sp³-hybridized carbons (Fsp3) is 0.526. The summed E-state index contributed by atoms with van der Waals surface area (Å²) in [6.07, 6.45) is 4.19. The van der Waals surface area contributed by atoms with Gasteiger partial charge in [-0.2, -0.15) is 0 Å². The van der Waals surface area contributed by atoms with Crippen LogP contribution in [0.4, 0.5) is 4.39 Å². The van der Waals surface area contributed by atoms with Crippen LogP contribution < -0.4 is 0 Å². The van der Waals surface area contributed by atoms with Crippen LogP contribution in [0, 0.1) is 5.82 Å². The molecule has 148 valence electrons. The number of amides is 1. The smallest absolute Gasteiger partial charge is 0.264 e. The van der Waals surface area contributed by atoms with E-state index in [9.17, 15) is 17.6 Å². The number of ether oxygens (including phenoxy) is 1. The first-order valence-electron chi connectivity index (χ1n) is 8.90. The number of carbonyl (C=O) groups excluding carboxylic acids is 1. The van der Waals surface area contributed by atoms with Crippen molar-refractivity contribution in [3.63, 3.8) is 0 Å². The van der Waals surface area contributed by atoms with E-state index < -0.39 is 15.1 Å². The number of hydrogen-bond donors (Lipinski definition) is 0. The van der Waals surface area contributed by atoms with E-state index in [1.165, 1.54) is 35.7 Å². The van der Waals surface area contributed by atoms with Gasteiger partial charge >= 0.3 is 0 Å². The Kier molecular flexibility index (Phi) is 5.88. The van der Waals surface area contributed by atoms with Crippen LogP contribution in [-0.4, -0.2) is 50.9 Å². The number of hydrogen-bond acceptors (Lipinski definition) is 5. The first-order chi connectivity index (χ1) is 12.8. The number of nitrogens with zero attached hydrogens (tertiary/aromatic N) is 1. The number of halogens is 1. The van der Waals surface area contributed by atoms with Crippen LogP contribution in [0.15, 0.2) is 18.2 Å². The van der Waals surface area contributed by atoms with Crippen molar-refractivity contribution in [2.45, 2.75) is 43.6 Å². The maximum Gasteiger partial charge on any atom is 0.264 e. The van der Waals surface area contributed by atoms with Crippen LogP contribution >= 0.6 is 11.3 Å². The Labute approximate surface area is 163 Å². The summed E-state index contributed by atoms with van der Waals surface area (Å²) in [5.41, 5.74) is 0.527. The molecule has 1 aromatic carbocycles. The Morgan fingerprint density at radius 3 is 2.70 bits per heavy atom. The Hall–Kier alpha value is -1.51. The molecule has 0 unspecified atom stereocenters. The average molecular weight is 414 g/mol. The van der Waals surface area contributed by atoms with E-state index in [0.29, 0.717) is 33.4 Å². The summed E-state index contributed by atoms with van der Waals surface area (Å²) in [6, 6.07) is 4.39. The fourth-order valence-electron chi connectivity index (χ4n) is 3.95. The van der Waals surface area contributed by atoms with Crippen LogP contribution in [0.1, 0.15) is 40.9 Å². The number of sulfone groups is 1. The molecular formula is C19H24FNO4S2. The van der Waals surface area contributed by atoms with Gasteiger partial charge in [0, 0.05) is 42.1 Å². The van der Waals surface area contributed by atoms with Gasteiger partial charge in [0.25, 0.3) is 5.91 Å². The molecule has 1 saturated carbocycles. The highest BCUT2D eigenvalue weighted by Gasteiger charge is 2.38. The lowest BCUT2D eigenvalue weighted by atomic mass is 9.93. The predicted octanol–water partition coefficient (Wildman–Crippen LogP) is 3.61. The van der Waals surface area contributed by atoms with Gasteiger partial charge in [0.1, 0.15) is 5.82 Å². The first kappa shape index (κ1) is 20.2. The summed E-state index contributed by atoms with van der Waals surface area (Å²) in [4.78, 5) is 15.2. The van der Waals surface area contributed by atoms with E-state index in [2.05, 4.69) is 0 Å². The van der Waals surface area contributed by atoms with Crippen molar-refractivity contribution < 1.29 is 22.3 Å². The maximum atomic E-state index is 14.4. The Morgan fingerprint density at radius 1 is 1.33 bits per heavy atom. The van der Waals surface area contributed by atoms with Crippen molar-refractivity contribution in [3.8, 4) is 0 Å². The molecule has 0 radical (unpaired) electrons. The quantitative estimate of drug-likeness (QED) is 0.751. The van der Waals surface area contributed by atoms with Gasteiger partial charge in [-0.1, -0.05) is 18.9 Å². The molecule has 0 spiro atoms. The number of carbonyl (C=O) groups is 1. The van der Waals surface area contributed by atoms with Crippen LogP contribution in [0.5, 0.6) is 0 Å². The molecule has 0 saturated heterocycles. The second-order valence-electron chi connectivity index (χ2n) is 7.09. The summed E-state index contributed by atoms with van der Waals surface area (Å²) < 4.78 is 44.7. The van der Waals surface area contributed by atoms with E-state index in [-0.39, 0.29) is 24.4 Å². The minimum atomic E-state index is -3.26. The molecule has 1 aliphatic rings. The van der Waals surface area contributed by atoms with Crippen molar-refractivity contribution in [2.75, 3.05) is 20.4 Å². The van der Waals surface area contributed by atoms with E-state index >= 15 is 0 Å². The molecule has 1 aliphatic carbocycles. The van der Waals surface area contributed by atoms with Gasteiger partial charge in [-0.3, -0.25) is 4.79 Å². The van der Waals surface area contributed by atoms with Gasteiger partial charge in [0.15, 0.2) is 9.84 Å². The molecular weight excluding hydrogens is 389 g/mol. The van der Waals surface area contributed by atoms with Crippen molar-refractivity contribution in [2.24, 2.45) is 0 Å². The van der Waals surface area contributed by atoms with E-state index in [0.717, 1.165) is 12.8 Å². The van der Waals surface area contributed by atoms with E-state index in [4.69, 9.17) is 4.74 Å². The molecule has 8 heteroatoms. The van der Waals surface area contributed by atoms with Gasteiger partial charge in [-0.05, 0) is 25.0 Å². The van der Waals surface area contributed by atoms with E-state index in [1.807, 2.05) is 0 Å². The number of rotatable bonds is 5. The average Bonchev–Trinajstić information content (AvgIpc) is 3.00. The summed E-state index contributed by atoms with van der Waals surface area (Å²) in [7, 11) is -0.113. The number of benzene rings is 1. The molecule has 1 amide bonds. The van der Waals surface area contributed by atoms with Gasteiger partial charge in [-0.25, -0.2) is 12.8 Å². The SMILES string of the molecule is COCc1c(C(=O)N(C)[C@@H]2CCCC[C@@H]2S(C)(=O)=O)sc2cccc(F)c12. The van der Waals surface area contributed by atoms with Gasteiger partial charge in [0.2, 0.25) is 0 Å². The monoisotopic (exact) mass is 413 g/mol. The van der Waals surface area contributed by atoms with Crippen LogP contribution in [0.3, 0.4) is 0 Å². The third kappa shape index (κ3) is 3.88. The summed E-state index contributed by atoms with van der Waals surface area (Å²) in [5, 5.41) is -0.151. The van der Waals surface area contributed by atoms with Gasteiger partial charge < -0.3 is 9.64 Å². The lowest BCUT2D eigenvalue weighted by molar-refractivity contribution is 0.0701. The fourth-order valence-corrected chi connectivity index (χ4v) is 6.64. The highest BCUT2D eigenvalue weighted by atomic mass is 32.2. The third-order valence-electron chi connectivity index (χ3n) is 5.28. The highest BCUT2D eigenvalue weighted by Crippen LogP contribution is 2.36. The largest absolute Gasteiger partial charge is 0.380 e. The van der Waals surface area contributed by atoms with Crippen LogP contribution in [-0.2, 0) is 21.2 Å².